The molecule has 0 aliphatic carbocycles. The summed E-state index contributed by atoms with van der Waals surface area (Å²) < 4.78 is 8.07. The first-order valence-corrected chi connectivity index (χ1v) is 41.3. The second-order valence-corrected chi connectivity index (χ2v) is 37.6. The molecule has 0 atom stereocenters. The third-order valence-corrected chi connectivity index (χ3v) is 28.1. The summed E-state index contributed by atoms with van der Waals surface area (Å²) in [6, 6.07) is 119. The molecule has 516 valence electrons. The van der Waals surface area contributed by atoms with Gasteiger partial charge in [-0.05, 0) is 69.6 Å². The molecule has 6 heteroatoms. The Bertz CT molecular complexity index is 6430. The van der Waals surface area contributed by atoms with Crippen LogP contribution in [0.2, 0.25) is 0 Å². The van der Waals surface area contributed by atoms with E-state index in [9.17, 15) is 0 Å². The van der Waals surface area contributed by atoms with Crippen molar-refractivity contribution in [1.29, 1.82) is 0 Å². The molecule has 6 heterocycles. The molecule has 18 aromatic rings. The van der Waals surface area contributed by atoms with Crippen molar-refractivity contribution in [3.63, 3.8) is 0 Å². The molecule has 3 aliphatic heterocycles. The first kappa shape index (κ1) is 65.2. The van der Waals surface area contributed by atoms with Crippen LogP contribution in [0.4, 0.5) is 34.1 Å². The summed E-state index contributed by atoms with van der Waals surface area (Å²) >= 11 is 3.93. The average Bonchev–Trinajstić information content (AvgIpc) is 0.910. The van der Waals surface area contributed by atoms with E-state index in [1.54, 1.807) is 0 Å². The zero-order valence-electron chi connectivity index (χ0n) is 62.1. The molecule has 0 spiro atoms. The predicted molar refractivity (Wildman–Crippen MR) is 471 cm³/mol. The molecule has 3 aliphatic rings. The molecule has 21 rings (SSSR count). The van der Waals surface area contributed by atoms with Crippen LogP contribution in [0.3, 0.4) is 0 Å². The van der Waals surface area contributed by atoms with Crippen molar-refractivity contribution in [3.05, 3.63) is 320 Å². The molecule has 0 saturated heterocycles. The normalized spacial score (nSPS) is 13.2. The van der Waals surface area contributed by atoms with E-state index in [1.165, 1.54) is 193 Å². The number of hydrogen-bond acceptors (Lipinski definition) is 4. The Morgan fingerprint density at radius 3 is 1.00 bits per heavy atom. The summed E-state index contributed by atoms with van der Waals surface area (Å²) in [7, 11) is 0. The minimum atomic E-state index is -0.314. The Kier molecular flexibility index (Phi) is 14.6. The predicted octanol–water partition coefficient (Wildman–Crippen LogP) is 27.4. The summed E-state index contributed by atoms with van der Waals surface area (Å²) in [6.45, 7) is 21.3. The molecular weight excluding hydrogens is 1410 g/mol. The van der Waals surface area contributed by atoms with Gasteiger partial charge in [0, 0.05) is 40.3 Å². The third kappa shape index (κ3) is 10.5. The standard InChI is InChI=1S/C102H77BN2S2Se/c1-100(2,3)72-54-77(60-22-12-10-13-23-60)98-79(56-72)70-28-20-26-62(46-70)66-38-44-95-83(50-66)84-51-67(39-45-96(84)108-95)63-27-21-29-71(47-63)80-57-73(101(4,5)6)55-78(61-24-14-11-15-25-61)99(80)105-88-41-35-69(65-37-43-94-82(49-65)76-31-17-19-33-92(76)107-94)53-86(88)103-85-52-68(64-36-42-93-81(48-64)75-30-16-18-32-91(75)106-93)34-40-87(85)104(98)89-58-74(102(7,8)9)59-90(105)97(89)103/h10-59H,1-9H3. The molecule has 0 fully saturated rings. The van der Waals surface area contributed by atoms with E-state index in [-0.39, 0.29) is 37.5 Å². The molecule has 0 saturated carbocycles. The quantitative estimate of drug-likeness (QED) is 0.162. The van der Waals surface area contributed by atoms with E-state index < -0.39 is 0 Å². The monoisotopic (exact) mass is 1480 g/mol. The number of fused-ring (bicyclic) bond motifs is 26. The van der Waals surface area contributed by atoms with Crippen molar-refractivity contribution < 1.29 is 0 Å². The van der Waals surface area contributed by atoms with E-state index >= 15 is 0 Å². The van der Waals surface area contributed by atoms with Gasteiger partial charge in [0.1, 0.15) is 0 Å². The van der Waals surface area contributed by atoms with Crippen LogP contribution >= 0.6 is 22.7 Å². The molecule has 0 amide bonds. The fourth-order valence-electron chi connectivity index (χ4n) is 17.7. The number of rotatable bonds is 4. The number of thiophene rings is 2. The molecule has 108 heavy (non-hydrogen) atoms. The van der Waals surface area contributed by atoms with Gasteiger partial charge in [-0.25, -0.2) is 0 Å². The topological polar surface area (TPSA) is 6.48 Å². The van der Waals surface area contributed by atoms with Gasteiger partial charge in [0.15, 0.2) is 0 Å². The van der Waals surface area contributed by atoms with E-state index in [1.807, 2.05) is 22.7 Å². The van der Waals surface area contributed by atoms with E-state index in [4.69, 9.17) is 0 Å². The molecule has 2 nitrogen and oxygen atoms in total. The summed E-state index contributed by atoms with van der Waals surface area (Å²) in [5.74, 6) is 0. The molecule has 3 aromatic heterocycles. The van der Waals surface area contributed by atoms with Crippen LogP contribution in [0, 0.1) is 0 Å². The first-order valence-electron chi connectivity index (χ1n) is 37.9. The van der Waals surface area contributed by atoms with E-state index in [0.717, 1.165) is 22.7 Å². The van der Waals surface area contributed by atoms with Gasteiger partial charge < -0.3 is 0 Å². The van der Waals surface area contributed by atoms with Crippen LogP contribution in [-0.2, 0) is 16.2 Å². The maximum absolute atomic E-state index is 2.76. The van der Waals surface area contributed by atoms with Gasteiger partial charge in [0.25, 0.3) is 6.71 Å². The third-order valence-electron chi connectivity index (χ3n) is 23.4. The number of benzene rings is 15. The summed E-state index contributed by atoms with van der Waals surface area (Å²) in [5, 5.41) is 7.86. The Balaban J connectivity index is 0.960. The number of anilines is 6. The van der Waals surface area contributed by atoms with Crippen molar-refractivity contribution in [2.75, 3.05) is 9.80 Å². The number of hydrogen-bond donors (Lipinski definition) is 0. The second kappa shape index (κ2) is 24.2. The SMILES string of the molecule is CC(C)(C)c1cc(-c2ccccc2)c2c(c1)-c1cccc(c1)-c1ccc3[se]c4ccc(cc4c3c1)-c1cccc(c1)-c1cc(C(C)(C)C)cc(-c3ccccc3)c1N1c3ccc(-c4ccc5sc6ccccc6c5c4)cc3B3c4cc(-c5ccc6sc7ccccc7c6c5)ccc4N2c2cc(C(C)(C)C)cc1c23. The van der Waals surface area contributed by atoms with Crippen molar-refractivity contribution in [2.45, 2.75) is 78.6 Å². The molecule has 0 unspecified atom stereocenters. The Morgan fingerprint density at radius 1 is 0.250 bits per heavy atom. The van der Waals surface area contributed by atoms with Gasteiger partial charge in [-0.1, -0.05) is 130 Å². The zero-order chi connectivity index (χ0) is 72.8. The van der Waals surface area contributed by atoms with E-state index in [2.05, 4.69) is 375 Å². The Labute approximate surface area is 646 Å². The zero-order valence-corrected chi connectivity index (χ0v) is 65.4. The molecular formula is C102H77BN2S2Se. The van der Waals surface area contributed by atoms with Crippen LogP contribution in [0.5, 0.6) is 0 Å². The average molecular weight is 1480 g/mol. The summed E-state index contributed by atoms with van der Waals surface area (Å²) in [6.07, 6.45) is 0. The molecule has 15 aromatic carbocycles. The van der Waals surface area contributed by atoms with Crippen molar-refractivity contribution in [3.8, 4) is 89.0 Å². The van der Waals surface area contributed by atoms with E-state index in [0.29, 0.717) is 0 Å². The van der Waals surface area contributed by atoms with Gasteiger partial charge >= 0.3 is 382 Å². The fourth-order valence-corrected chi connectivity index (χ4v) is 22.1. The van der Waals surface area contributed by atoms with Crippen LogP contribution < -0.4 is 26.2 Å². The molecule has 13 bridgehead atoms. The van der Waals surface area contributed by atoms with Gasteiger partial charge in [-0.2, -0.15) is 0 Å². The van der Waals surface area contributed by atoms with Gasteiger partial charge in [-0.15, -0.1) is 22.7 Å². The Hall–Kier alpha value is -11.1. The van der Waals surface area contributed by atoms with Gasteiger partial charge in [0.2, 0.25) is 0 Å². The number of nitrogens with zero attached hydrogens (tertiary/aromatic N) is 2. The first-order chi connectivity index (χ1) is 52.4. The maximum atomic E-state index is 2.76. The van der Waals surface area contributed by atoms with Crippen molar-refractivity contribution in [2.24, 2.45) is 0 Å². The van der Waals surface area contributed by atoms with Crippen molar-refractivity contribution in [1.82, 2.24) is 0 Å². The fraction of sp³-hybridized carbons (Fsp3) is 0.118. The summed E-state index contributed by atoms with van der Waals surface area (Å²) in [4.78, 5) is 5.52. The minimum absolute atomic E-state index is 0.169. The molecule has 0 radical (unpaired) electrons. The van der Waals surface area contributed by atoms with Gasteiger partial charge in [0.05, 0.1) is 0 Å². The van der Waals surface area contributed by atoms with Crippen molar-refractivity contribution >= 4 is 154 Å². The molecule has 0 N–H and O–H groups in total. The van der Waals surface area contributed by atoms with Crippen LogP contribution in [-0.4, -0.2) is 21.2 Å². The van der Waals surface area contributed by atoms with Crippen LogP contribution in [0.1, 0.15) is 79.0 Å². The summed E-state index contributed by atoms with van der Waals surface area (Å²) in [5.41, 5.74) is 32.9. The van der Waals surface area contributed by atoms with Crippen LogP contribution in [0.25, 0.3) is 149 Å². The Morgan fingerprint density at radius 2 is 0.574 bits per heavy atom. The van der Waals surface area contributed by atoms with Gasteiger partial charge in [-0.3, -0.25) is 0 Å². The second-order valence-electron chi connectivity index (χ2n) is 33.2. The van der Waals surface area contributed by atoms with Crippen LogP contribution in [0.15, 0.2) is 303 Å².